The van der Waals surface area contributed by atoms with Crippen molar-refractivity contribution in [1.82, 2.24) is 24.8 Å². The average molecular weight is 494 g/mol. The minimum Gasteiger partial charge on any atom is -0.497 e. The summed E-state index contributed by atoms with van der Waals surface area (Å²) in [7, 11) is 3.72. The Hall–Kier alpha value is -2.36. The predicted octanol–water partition coefficient (Wildman–Crippen LogP) is 3.00. The molecule has 0 aliphatic carbocycles. The number of hydrogen-bond acceptors (Lipinski definition) is 4. The van der Waals surface area contributed by atoms with E-state index >= 15 is 0 Å². The standard InChI is InChI=1S/C20H26N6O.HI/c1-4-21-20(25(2)15-16-8-10-17(27-3)11-9-16)22-13-12-19-24-23-18-7-5-6-14-26(18)19;/h5-11,14H,4,12-13,15H2,1-3H3,(H,21,22);1H. The molecule has 0 spiro atoms. The third-order valence-electron chi connectivity index (χ3n) is 4.26. The summed E-state index contributed by atoms with van der Waals surface area (Å²) >= 11 is 0. The number of benzene rings is 1. The van der Waals surface area contributed by atoms with Crippen molar-refractivity contribution < 1.29 is 4.74 Å². The molecule has 0 unspecified atom stereocenters. The molecule has 0 amide bonds. The molecule has 0 saturated carbocycles. The van der Waals surface area contributed by atoms with Crippen LogP contribution in [-0.2, 0) is 13.0 Å². The van der Waals surface area contributed by atoms with Gasteiger partial charge in [-0.05, 0) is 36.8 Å². The number of nitrogens with zero attached hydrogens (tertiary/aromatic N) is 5. The van der Waals surface area contributed by atoms with Crippen LogP contribution < -0.4 is 10.1 Å². The Bertz CT molecular complexity index is 893. The monoisotopic (exact) mass is 494 g/mol. The van der Waals surface area contributed by atoms with E-state index in [4.69, 9.17) is 9.73 Å². The van der Waals surface area contributed by atoms with Gasteiger partial charge in [-0.1, -0.05) is 18.2 Å². The number of ether oxygens (including phenoxy) is 1. The molecule has 0 atom stereocenters. The highest BCUT2D eigenvalue weighted by molar-refractivity contribution is 14.0. The van der Waals surface area contributed by atoms with E-state index in [0.717, 1.165) is 42.7 Å². The van der Waals surface area contributed by atoms with E-state index in [-0.39, 0.29) is 24.0 Å². The Morgan fingerprint density at radius 2 is 1.96 bits per heavy atom. The maximum atomic E-state index is 5.22. The van der Waals surface area contributed by atoms with Gasteiger partial charge >= 0.3 is 0 Å². The summed E-state index contributed by atoms with van der Waals surface area (Å²) in [5.41, 5.74) is 2.06. The van der Waals surface area contributed by atoms with Gasteiger partial charge in [0.15, 0.2) is 11.6 Å². The second kappa shape index (κ2) is 10.8. The first kappa shape index (κ1) is 21.9. The lowest BCUT2D eigenvalue weighted by molar-refractivity contribution is 0.414. The van der Waals surface area contributed by atoms with Crippen molar-refractivity contribution in [2.24, 2.45) is 4.99 Å². The van der Waals surface area contributed by atoms with Crippen LogP contribution in [0.1, 0.15) is 18.3 Å². The van der Waals surface area contributed by atoms with E-state index in [9.17, 15) is 0 Å². The molecule has 150 valence electrons. The molecule has 28 heavy (non-hydrogen) atoms. The zero-order chi connectivity index (χ0) is 19.1. The molecule has 0 radical (unpaired) electrons. The summed E-state index contributed by atoms with van der Waals surface area (Å²) in [5.74, 6) is 2.66. The van der Waals surface area contributed by atoms with E-state index in [1.54, 1.807) is 7.11 Å². The zero-order valence-electron chi connectivity index (χ0n) is 16.5. The highest BCUT2D eigenvalue weighted by atomic mass is 127. The quantitative estimate of drug-likeness (QED) is 0.311. The number of methoxy groups -OCH3 is 1. The summed E-state index contributed by atoms with van der Waals surface area (Å²) in [6.45, 7) is 4.30. The highest BCUT2D eigenvalue weighted by Crippen LogP contribution is 2.12. The van der Waals surface area contributed by atoms with E-state index in [1.165, 1.54) is 5.56 Å². The molecule has 0 saturated heterocycles. The molecule has 0 aliphatic rings. The molecule has 3 rings (SSSR count). The Kier molecular flexibility index (Phi) is 8.49. The topological polar surface area (TPSA) is 67.0 Å². The Labute approximate surface area is 182 Å². The van der Waals surface area contributed by atoms with Gasteiger partial charge in [0.2, 0.25) is 0 Å². The number of guanidine groups is 1. The molecule has 0 bridgehead atoms. The second-order valence-corrected chi connectivity index (χ2v) is 6.23. The molecule has 2 aromatic heterocycles. The summed E-state index contributed by atoms with van der Waals surface area (Å²) in [5, 5.41) is 11.8. The number of rotatable bonds is 7. The van der Waals surface area contributed by atoms with Gasteiger partial charge in [-0.15, -0.1) is 34.2 Å². The van der Waals surface area contributed by atoms with Crippen LogP contribution >= 0.6 is 24.0 Å². The van der Waals surface area contributed by atoms with Crippen LogP contribution in [-0.4, -0.2) is 52.7 Å². The number of nitrogens with one attached hydrogen (secondary N) is 1. The summed E-state index contributed by atoms with van der Waals surface area (Å²) < 4.78 is 7.22. The van der Waals surface area contributed by atoms with Gasteiger partial charge in [-0.2, -0.15) is 0 Å². The van der Waals surface area contributed by atoms with Crippen molar-refractivity contribution in [2.75, 3.05) is 27.2 Å². The number of aromatic nitrogens is 3. The highest BCUT2D eigenvalue weighted by Gasteiger charge is 2.08. The number of halogens is 1. The van der Waals surface area contributed by atoms with Crippen LogP contribution in [0.2, 0.25) is 0 Å². The average Bonchev–Trinajstić information content (AvgIpc) is 3.11. The molecule has 7 nitrogen and oxygen atoms in total. The molecule has 1 aromatic carbocycles. The number of fused-ring (bicyclic) bond motifs is 1. The predicted molar refractivity (Wildman–Crippen MR) is 123 cm³/mol. The molecule has 0 aliphatic heterocycles. The first-order chi connectivity index (χ1) is 13.2. The van der Waals surface area contributed by atoms with Crippen LogP contribution in [0, 0.1) is 0 Å². The number of aliphatic imine (C=N–C) groups is 1. The molecule has 1 N–H and O–H groups in total. The van der Waals surface area contributed by atoms with Crippen LogP contribution in [0.5, 0.6) is 5.75 Å². The van der Waals surface area contributed by atoms with Crippen LogP contribution in [0.25, 0.3) is 5.65 Å². The molecular formula is C20H27IN6O. The van der Waals surface area contributed by atoms with Crippen molar-refractivity contribution in [3.63, 3.8) is 0 Å². The smallest absolute Gasteiger partial charge is 0.193 e. The van der Waals surface area contributed by atoms with E-state index in [1.807, 2.05) is 48.0 Å². The van der Waals surface area contributed by atoms with Gasteiger partial charge in [-0.25, -0.2) is 0 Å². The van der Waals surface area contributed by atoms with Crippen molar-refractivity contribution >= 4 is 35.6 Å². The van der Waals surface area contributed by atoms with E-state index in [2.05, 4.69) is 39.5 Å². The lowest BCUT2D eigenvalue weighted by atomic mass is 10.2. The fourth-order valence-electron chi connectivity index (χ4n) is 2.87. The zero-order valence-corrected chi connectivity index (χ0v) is 18.8. The van der Waals surface area contributed by atoms with Crippen LogP contribution in [0.15, 0.2) is 53.7 Å². The number of hydrogen-bond donors (Lipinski definition) is 1. The Morgan fingerprint density at radius 3 is 2.68 bits per heavy atom. The second-order valence-electron chi connectivity index (χ2n) is 6.23. The fraction of sp³-hybridized carbons (Fsp3) is 0.350. The third kappa shape index (κ3) is 5.57. The molecule has 2 heterocycles. The van der Waals surface area contributed by atoms with Crippen molar-refractivity contribution in [1.29, 1.82) is 0 Å². The van der Waals surface area contributed by atoms with Gasteiger partial charge in [0, 0.05) is 39.3 Å². The maximum Gasteiger partial charge on any atom is 0.193 e. The van der Waals surface area contributed by atoms with Crippen molar-refractivity contribution in [3.05, 3.63) is 60.0 Å². The largest absolute Gasteiger partial charge is 0.497 e. The summed E-state index contributed by atoms with van der Waals surface area (Å²) in [4.78, 5) is 6.87. The normalized spacial score (nSPS) is 11.2. The van der Waals surface area contributed by atoms with Gasteiger partial charge in [0.25, 0.3) is 0 Å². The van der Waals surface area contributed by atoms with Gasteiger partial charge < -0.3 is 15.0 Å². The lowest BCUT2D eigenvalue weighted by Crippen LogP contribution is -2.38. The van der Waals surface area contributed by atoms with E-state index in [0.29, 0.717) is 6.54 Å². The Balaban J connectivity index is 0.00000280. The van der Waals surface area contributed by atoms with E-state index < -0.39 is 0 Å². The third-order valence-corrected chi connectivity index (χ3v) is 4.26. The summed E-state index contributed by atoms with van der Waals surface area (Å²) in [6.07, 6.45) is 2.71. The lowest BCUT2D eigenvalue weighted by Gasteiger charge is -2.22. The first-order valence-electron chi connectivity index (χ1n) is 9.12. The van der Waals surface area contributed by atoms with Gasteiger partial charge in [0.1, 0.15) is 11.6 Å². The minimum atomic E-state index is 0. The van der Waals surface area contributed by atoms with Crippen LogP contribution in [0.3, 0.4) is 0 Å². The van der Waals surface area contributed by atoms with Crippen LogP contribution in [0.4, 0.5) is 0 Å². The van der Waals surface area contributed by atoms with Gasteiger partial charge in [-0.3, -0.25) is 9.39 Å². The molecule has 0 fully saturated rings. The van der Waals surface area contributed by atoms with Crippen molar-refractivity contribution in [3.8, 4) is 5.75 Å². The number of pyridine rings is 1. The summed E-state index contributed by atoms with van der Waals surface area (Å²) in [6, 6.07) is 14.0. The minimum absolute atomic E-state index is 0. The maximum absolute atomic E-state index is 5.22. The fourth-order valence-corrected chi connectivity index (χ4v) is 2.87. The Morgan fingerprint density at radius 1 is 1.18 bits per heavy atom. The first-order valence-corrected chi connectivity index (χ1v) is 9.12. The molecule has 3 aromatic rings. The SMILES string of the molecule is CCNC(=NCCc1nnc2ccccn12)N(C)Cc1ccc(OC)cc1.I. The molecular weight excluding hydrogens is 467 g/mol. The van der Waals surface area contributed by atoms with Gasteiger partial charge in [0.05, 0.1) is 7.11 Å². The molecule has 8 heteroatoms. The van der Waals surface area contributed by atoms with Crippen molar-refractivity contribution in [2.45, 2.75) is 19.9 Å².